The Kier molecular flexibility index (Phi) is 14.8. The van der Waals surface area contributed by atoms with Crippen molar-refractivity contribution in [2.45, 2.75) is 104 Å². The number of hydrogen-bond donors (Lipinski definition) is 1. The van der Waals surface area contributed by atoms with E-state index in [1.807, 2.05) is 13.8 Å². The van der Waals surface area contributed by atoms with Gasteiger partial charge in [-0.25, -0.2) is 0 Å². The predicted molar refractivity (Wildman–Crippen MR) is 105 cm³/mol. The number of aliphatic carboxylic acids is 1. The molecule has 0 spiro atoms. The highest BCUT2D eigenvalue weighted by molar-refractivity contribution is 5.73. The molecule has 0 atom stereocenters. The molecule has 0 aromatic rings. The van der Waals surface area contributed by atoms with Crippen LogP contribution in [0.25, 0.3) is 0 Å². The van der Waals surface area contributed by atoms with Crippen molar-refractivity contribution in [1.29, 1.82) is 0 Å². The number of allylic oxidation sites excluding steroid dienone is 4. The Morgan fingerprint density at radius 3 is 1.71 bits per heavy atom. The van der Waals surface area contributed by atoms with E-state index >= 15 is 0 Å². The Morgan fingerprint density at radius 1 is 0.750 bits per heavy atom. The highest BCUT2D eigenvalue weighted by atomic mass is 16.4. The standard InChI is InChI=1S/C22H40O2/c1-4-5-6-7-8-9-10-11-12-13-14-15-16-17-18-19-20-22(2,3)21(23)24/h10-11,14-15H,4-9,12-13,16-20H2,1-3H3,(H,23,24). The van der Waals surface area contributed by atoms with Crippen LogP contribution in [0.5, 0.6) is 0 Å². The summed E-state index contributed by atoms with van der Waals surface area (Å²) in [4.78, 5) is 11.0. The minimum atomic E-state index is -0.684. The normalized spacial score (nSPS) is 12.5. The zero-order chi connectivity index (χ0) is 18.1. The summed E-state index contributed by atoms with van der Waals surface area (Å²) < 4.78 is 0. The molecule has 0 aromatic heterocycles. The fourth-order valence-corrected chi connectivity index (χ4v) is 2.64. The van der Waals surface area contributed by atoms with Crippen LogP contribution in [0.1, 0.15) is 104 Å². The van der Waals surface area contributed by atoms with Gasteiger partial charge in [0, 0.05) is 0 Å². The van der Waals surface area contributed by atoms with E-state index in [0.717, 1.165) is 38.5 Å². The molecule has 1 N–H and O–H groups in total. The van der Waals surface area contributed by atoms with E-state index in [1.54, 1.807) is 0 Å². The van der Waals surface area contributed by atoms with Gasteiger partial charge in [0.05, 0.1) is 5.41 Å². The first-order chi connectivity index (χ1) is 11.5. The molecule has 0 heterocycles. The van der Waals surface area contributed by atoms with E-state index in [-0.39, 0.29) is 0 Å². The van der Waals surface area contributed by atoms with Crippen molar-refractivity contribution >= 4 is 5.97 Å². The third-order valence-electron chi connectivity index (χ3n) is 4.56. The van der Waals surface area contributed by atoms with Crippen LogP contribution >= 0.6 is 0 Å². The van der Waals surface area contributed by atoms with Crippen molar-refractivity contribution in [2.24, 2.45) is 5.41 Å². The minimum Gasteiger partial charge on any atom is -0.481 e. The van der Waals surface area contributed by atoms with Crippen LogP contribution in [0.4, 0.5) is 0 Å². The molecule has 0 rings (SSSR count). The van der Waals surface area contributed by atoms with Crippen LogP contribution in [0.15, 0.2) is 24.3 Å². The van der Waals surface area contributed by atoms with Gasteiger partial charge in [0.2, 0.25) is 0 Å². The molecular weight excluding hydrogens is 296 g/mol. The molecule has 0 amide bonds. The van der Waals surface area contributed by atoms with Crippen molar-refractivity contribution < 1.29 is 9.90 Å². The van der Waals surface area contributed by atoms with Crippen LogP contribution in [-0.2, 0) is 4.79 Å². The molecule has 2 nitrogen and oxygen atoms in total. The summed E-state index contributed by atoms with van der Waals surface area (Å²) in [5, 5.41) is 9.05. The van der Waals surface area contributed by atoms with E-state index in [2.05, 4.69) is 31.2 Å². The molecule has 0 aliphatic heterocycles. The number of carbonyl (C=O) groups is 1. The predicted octanol–water partition coefficient (Wildman–Crippen LogP) is 7.30. The third-order valence-corrected chi connectivity index (χ3v) is 4.56. The summed E-state index contributed by atoms with van der Waals surface area (Å²) in [6.45, 7) is 5.88. The second-order valence-corrected chi connectivity index (χ2v) is 7.51. The first-order valence-corrected chi connectivity index (χ1v) is 10.0. The fourth-order valence-electron chi connectivity index (χ4n) is 2.64. The summed E-state index contributed by atoms with van der Waals surface area (Å²) in [6.07, 6.45) is 24.7. The number of hydrogen-bond acceptors (Lipinski definition) is 1. The van der Waals surface area contributed by atoms with Crippen LogP contribution < -0.4 is 0 Å². The smallest absolute Gasteiger partial charge is 0.309 e. The zero-order valence-electron chi connectivity index (χ0n) is 16.4. The molecular formula is C22H40O2. The van der Waals surface area contributed by atoms with Gasteiger partial charge in [-0.3, -0.25) is 4.79 Å². The molecule has 2 heteroatoms. The highest BCUT2D eigenvalue weighted by Crippen LogP contribution is 2.24. The van der Waals surface area contributed by atoms with Crippen LogP contribution in [0.3, 0.4) is 0 Å². The van der Waals surface area contributed by atoms with E-state index in [1.165, 1.54) is 44.9 Å². The quantitative estimate of drug-likeness (QED) is 0.237. The van der Waals surface area contributed by atoms with Gasteiger partial charge in [0.1, 0.15) is 0 Å². The lowest BCUT2D eigenvalue weighted by molar-refractivity contribution is -0.147. The summed E-state index contributed by atoms with van der Waals surface area (Å²) in [7, 11) is 0. The van der Waals surface area contributed by atoms with Gasteiger partial charge < -0.3 is 5.11 Å². The Bertz CT molecular complexity index is 353. The number of rotatable bonds is 16. The van der Waals surface area contributed by atoms with E-state index in [9.17, 15) is 4.79 Å². The van der Waals surface area contributed by atoms with Crippen LogP contribution in [0, 0.1) is 5.41 Å². The highest BCUT2D eigenvalue weighted by Gasteiger charge is 2.25. The summed E-state index contributed by atoms with van der Waals surface area (Å²) in [5.41, 5.74) is -0.571. The number of carboxylic acid groups (broad SMARTS) is 1. The Labute approximate surface area is 150 Å². The summed E-state index contributed by atoms with van der Waals surface area (Å²) in [6, 6.07) is 0. The van der Waals surface area contributed by atoms with Crippen LogP contribution in [0.2, 0.25) is 0 Å². The largest absolute Gasteiger partial charge is 0.481 e. The van der Waals surface area contributed by atoms with Crippen molar-refractivity contribution in [3.63, 3.8) is 0 Å². The molecule has 0 unspecified atom stereocenters. The minimum absolute atomic E-state index is 0.571. The Balaban J connectivity index is 3.37. The Hall–Kier alpha value is -1.05. The molecule has 24 heavy (non-hydrogen) atoms. The van der Waals surface area contributed by atoms with Gasteiger partial charge in [-0.15, -0.1) is 0 Å². The SMILES string of the molecule is CCCCCCCC=CCCC=CCCCCCC(C)(C)C(=O)O. The first kappa shape index (κ1) is 22.9. The fraction of sp³-hybridized carbons (Fsp3) is 0.773. The zero-order valence-corrected chi connectivity index (χ0v) is 16.4. The summed E-state index contributed by atoms with van der Waals surface area (Å²) in [5.74, 6) is -0.684. The second kappa shape index (κ2) is 15.5. The maximum absolute atomic E-state index is 11.0. The van der Waals surface area contributed by atoms with E-state index < -0.39 is 11.4 Å². The average Bonchev–Trinajstić information content (AvgIpc) is 2.54. The molecule has 0 saturated carbocycles. The maximum atomic E-state index is 11.0. The topological polar surface area (TPSA) is 37.3 Å². The molecule has 0 radical (unpaired) electrons. The number of carboxylic acids is 1. The van der Waals surface area contributed by atoms with Gasteiger partial charge in [-0.05, 0) is 58.8 Å². The maximum Gasteiger partial charge on any atom is 0.309 e. The monoisotopic (exact) mass is 336 g/mol. The van der Waals surface area contributed by atoms with Gasteiger partial charge in [0.15, 0.2) is 0 Å². The molecule has 140 valence electrons. The molecule has 0 fully saturated rings. The van der Waals surface area contributed by atoms with Crippen molar-refractivity contribution in [3.8, 4) is 0 Å². The van der Waals surface area contributed by atoms with Crippen molar-refractivity contribution in [1.82, 2.24) is 0 Å². The lowest BCUT2D eigenvalue weighted by Crippen LogP contribution is -2.23. The molecule has 0 aliphatic rings. The second-order valence-electron chi connectivity index (χ2n) is 7.51. The van der Waals surface area contributed by atoms with Crippen LogP contribution in [-0.4, -0.2) is 11.1 Å². The molecule has 0 saturated heterocycles. The van der Waals surface area contributed by atoms with Crippen molar-refractivity contribution in [3.05, 3.63) is 24.3 Å². The Morgan fingerprint density at radius 2 is 1.21 bits per heavy atom. The third kappa shape index (κ3) is 14.5. The van der Waals surface area contributed by atoms with E-state index in [4.69, 9.17) is 5.11 Å². The summed E-state index contributed by atoms with van der Waals surface area (Å²) >= 11 is 0. The average molecular weight is 337 g/mol. The molecule has 0 aromatic carbocycles. The lowest BCUT2D eigenvalue weighted by atomic mass is 9.87. The lowest BCUT2D eigenvalue weighted by Gasteiger charge is -2.18. The number of unbranched alkanes of at least 4 members (excludes halogenated alkanes) is 9. The van der Waals surface area contributed by atoms with Crippen molar-refractivity contribution in [2.75, 3.05) is 0 Å². The van der Waals surface area contributed by atoms with Gasteiger partial charge in [0.25, 0.3) is 0 Å². The van der Waals surface area contributed by atoms with Gasteiger partial charge in [-0.2, -0.15) is 0 Å². The van der Waals surface area contributed by atoms with Gasteiger partial charge >= 0.3 is 5.97 Å². The van der Waals surface area contributed by atoms with Gasteiger partial charge in [-0.1, -0.05) is 69.8 Å². The first-order valence-electron chi connectivity index (χ1n) is 10.0. The molecule has 0 aliphatic carbocycles. The van der Waals surface area contributed by atoms with E-state index in [0.29, 0.717) is 0 Å². The molecule has 0 bridgehead atoms.